The molecule has 1 aromatic rings. The van der Waals surface area contributed by atoms with Gasteiger partial charge in [-0.2, -0.15) is 0 Å². The van der Waals surface area contributed by atoms with E-state index in [0.717, 1.165) is 56.6 Å². The number of aryl methyl sites for hydroxylation is 1. The molecular weight excluding hydrogens is 406 g/mol. The lowest BCUT2D eigenvalue weighted by Gasteiger charge is -2.42. The molecule has 1 aliphatic carbocycles. The van der Waals surface area contributed by atoms with Crippen LogP contribution in [0.1, 0.15) is 36.8 Å². The van der Waals surface area contributed by atoms with Crippen LogP contribution >= 0.6 is 0 Å². The maximum absolute atomic E-state index is 13.1. The minimum Gasteiger partial charge on any atom is -0.453 e. The first-order valence-electron chi connectivity index (χ1n) is 11.6. The Morgan fingerprint density at radius 2 is 2.03 bits per heavy atom. The van der Waals surface area contributed by atoms with Crippen LogP contribution in [-0.4, -0.2) is 79.9 Å². The first-order valence-corrected chi connectivity index (χ1v) is 11.6. The molecule has 1 aromatic carbocycles. The second kappa shape index (κ2) is 9.93. The molecule has 1 N–H and O–H groups in total. The van der Waals surface area contributed by atoms with Gasteiger partial charge >= 0.3 is 12.1 Å². The zero-order chi connectivity index (χ0) is 22.6. The summed E-state index contributed by atoms with van der Waals surface area (Å²) < 4.78 is 11.3. The summed E-state index contributed by atoms with van der Waals surface area (Å²) in [5.74, 6) is 6.44. The zero-order valence-electron chi connectivity index (χ0n) is 19.1. The summed E-state index contributed by atoms with van der Waals surface area (Å²) in [6.45, 7) is 6.34. The van der Waals surface area contributed by atoms with Gasteiger partial charge < -0.3 is 19.7 Å². The first-order chi connectivity index (χ1) is 15.5. The number of likely N-dealkylation sites (tertiary alicyclic amines) is 1. The summed E-state index contributed by atoms with van der Waals surface area (Å²) in [5, 5.41) is 3.31. The van der Waals surface area contributed by atoms with E-state index in [1.165, 1.54) is 7.11 Å². The van der Waals surface area contributed by atoms with E-state index in [2.05, 4.69) is 22.1 Å². The molecule has 0 spiro atoms. The molecular formula is C25H33N3O4. The van der Waals surface area contributed by atoms with E-state index in [1.54, 1.807) is 4.90 Å². The Bertz CT molecular complexity index is 902. The van der Waals surface area contributed by atoms with Crippen molar-refractivity contribution < 1.29 is 19.1 Å². The number of benzene rings is 1. The van der Waals surface area contributed by atoms with E-state index in [9.17, 15) is 9.59 Å². The van der Waals surface area contributed by atoms with Crippen LogP contribution in [0.3, 0.4) is 0 Å². The van der Waals surface area contributed by atoms with E-state index in [1.807, 2.05) is 31.2 Å². The summed E-state index contributed by atoms with van der Waals surface area (Å²) in [5.41, 5.74) is 1.16. The van der Waals surface area contributed by atoms with Gasteiger partial charge in [0.25, 0.3) is 0 Å². The Labute approximate surface area is 190 Å². The Morgan fingerprint density at radius 1 is 1.22 bits per heavy atom. The number of amides is 1. The minimum absolute atomic E-state index is 0.0142. The number of carbonyl (C=O) groups is 2. The van der Waals surface area contributed by atoms with Gasteiger partial charge in [0.05, 0.1) is 13.7 Å². The molecule has 3 atom stereocenters. The van der Waals surface area contributed by atoms with Crippen LogP contribution in [0, 0.1) is 24.7 Å². The summed E-state index contributed by atoms with van der Waals surface area (Å²) in [7, 11) is 1.41. The number of ether oxygens (including phenoxy) is 2. The fourth-order valence-electron chi connectivity index (χ4n) is 5.35. The average Bonchev–Trinajstić information content (AvgIpc) is 3.24. The summed E-state index contributed by atoms with van der Waals surface area (Å²) in [6, 6.07) is 8.03. The number of carbonyl (C=O) groups excluding carboxylic acids is 2. The fourth-order valence-corrected chi connectivity index (χ4v) is 5.35. The maximum Gasteiger partial charge on any atom is 0.409 e. The molecule has 0 bridgehead atoms. The third-order valence-corrected chi connectivity index (χ3v) is 6.90. The maximum atomic E-state index is 13.1. The van der Waals surface area contributed by atoms with Crippen molar-refractivity contribution in [3.8, 4) is 11.8 Å². The number of hydrogen-bond donors (Lipinski definition) is 1. The molecule has 1 amide bonds. The average molecular weight is 440 g/mol. The number of nitrogens with zero attached hydrogens (tertiary/aromatic N) is 2. The van der Waals surface area contributed by atoms with Gasteiger partial charge in [-0.05, 0) is 56.2 Å². The number of hydrogen-bond acceptors (Lipinski definition) is 6. The molecule has 1 saturated carbocycles. The molecule has 2 saturated heterocycles. The van der Waals surface area contributed by atoms with Gasteiger partial charge in [0.15, 0.2) is 5.60 Å². The van der Waals surface area contributed by atoms with E-state index < -0.39 is 5.60 Å². The lowest BCUT2D eigenvalue weighted by molar-refractivity contribution is -0.164. The second-order valence-corrected chi connectivity index (χ2v) is 9.03. The van der Waals surface area contributed by atoms with Gasteiger partial charge in [-0.15, -0.1) is 0 Å². The molecule has 7 nitrogen and oxygen atoms in total. The molecule has 3 fully saturated rings. The first kappa shape index (κ1) is 22.6. The van der Waals surface area contributed by atoms with Crippen molar-refractivity contribution in [3.05, 3.63) is 35.4 Å². The lowest BCUT2D eigenvalue weighted by Crippen LogP contribution is -2.53. The van der Waals surface area contributed by atoms with Gasteiger partial charge in [-0.3, -0.25) is 9.69 Å². The van der Waals surface area contributed by atoms with Crippen molar-refractivity contribution in [2.45, 2.75) is 44.2 Å². The highest BCUT2D eigenvalue weighted by Crippen LogP contribution is 2.45. The van der Waals surface area contributed by atoms with Gasteiger partial charge in [-0.25, -0.2) is 4.79 Å². The highest BCUT2D eigenvalue weighted by atomic mass is 16.6. The molecule has 0 aromatic heterocycles. The predicted octanol–water partition coefficient (Wildman–Crippen LogP) is 2.17. The molecule has 32 heavy (non-hydrogen) atoms. The van der Waals surface area contributed by atoms with E-state index in [4.69, 9.17) is 9.47 Å². The third-order valence-electron chi connectivity index (χ3n) is 6.90. The van der Waals surface area contributed by atoms with E-state index in [-0.39, 0.29) is 30.6 Å². The molecule has 4 rings (SSSR count). The SMILES string of the molecule is COC(=O)N1CC[C@@H]2[C@H]1CCC[C@]2(C#Cc1cccc(C)c1)OC(=O)CN1CCNCC1. The molecule has 0 unspecified atom stereocenters. The van der Waals surface area contributed by atoms with Crippen LogP contribution in [0.5, 0.6) is 0 Å². The highest BCUT2D eigenvalue weighted by Gasteiger charge is 2.53. The van der Waals surface area contributed by atoms with Gasteiger partial charge in [0, 0.05) is 50.2 Å². The Kier molecular flexibility index (Phi) is 7.02. The molecule has 3 aliphatic rings. The molecule has 0 radical (unpaired) electrons. The Morgan fingerprint density at radius 3 is 2.78 bits per heavy atom. The molecule has 2 heterocycles. The summed E-state index contributed by atoms with van der Waals surface area (Å²) in [6.07, 6.45) is 2.85. The van der Waals surface area contributed by atoms with E-state index >= 15 is 0 Å². The molecule has 2 aliphatic heterocycles. The molecule has 172 valence electrons. The summed E-state index contributed by atoms with van der Waals surface area (Å²) >= 11 is 0. The van der Waals surface area contributed by atoms with Crippen molar-refractivity contribution in [1.29, 1.82) is 0 Å². The number of piperazine rings is 1. The zero-order valence-corrected chi connectivity index (χ0v) is 19.1. The number of esters is 1. The topological polar surface area (TPSA) is 71.1 Å². The lowest BCUT2D eigenvalue weighted by atomic mass is 9.72. The Balaban J connectivity index is 1.60. The van der Waals surface area contributed by atoms with Crippen LogP contribution in [-0.2, 0) is 14.3 Å². The molecule has 7 heteroatoms. The van der Waals surface area contributed by atoms with Gasteiger partial charge in [0.1, 0.15) is 0 Å². The number of rotatable bonds is 3. The van der Waals surface area contributed by atoms with Crippen LogP contribution in [0.2, 0.25) is 0 Å². The summed E-state index contributed by atoms with van der Waals surface area (Å²) in [4.78, 5) is 29.3. The smallest absolute Gasteiger partial charge is 0.409 e. The van der Waals surface area contributed by atoms with Gasteiger partial charge in [0.2, 0.25) is 0 Å². The van der Waals surface area contributed by atoms with Crippen molar-refractivity contribution in [2.75, 3.05) is 46.4 Å². The fraction of sp³-hybridized carbons (Fsp3) is 0.600. The quantitative estimate of drug-likeness (QED) is 0.575. The Hall–Kier alpha value is -2.56. The monoisotopic (exact) mass is 439 g/mol. The predicted molar refractivity (Wildman–Crippen MR) is 121 cm³/mol. The largest absolute Gasteiger partial charge is 0.453 e. The van der Waals surface area contributed by atoms with Crippen LogP contribution in [0.4, 0.5) is 4.79 Å². The van der Waals surface area contributed by atoms with Crippen molar-refractivity contribution in [1.82, 2.24) is 15.1 Å². The van der Waals surface area contributed by atoms with Crippen LogP contribution in [0.15, 0.2) is 24.3 Å². The number of methoxy groups -OCH3 is 1. The standard InChI is InChI=1S/C25H33N3O4/c1-19-5-3-6-20(17-19)8-11-25(32-23(29)18-27-15-12-26-13-16-27)10-4-7-22-21(25)9-14-28(22)24(30)31-2/h3,5-6,17,21-22,26H,4,7,9-10,12-16,18H2,1-2H3/t21-,22-,25-/m1/s1. The number of fused-ring (bicyclic) bond motifs is 1. The van der Waals surface area contributed by atoms with Crippen molar-refractivity contribution >= 4 is 12.1 Å². The van der Waals surface area contributed by atoms with E-state index in [0.29, 0.717) is 13.0 Å². The normalized spacial score (nSPS) is 27.8. The van der Waals surface area contributed by atoms with Gasteiger partial charge in [-0.1, -0.05) is 18.1 Å². The van der Waals surface area contributed by atoms with Crippen LogP contribution in [0.25, 0.3) is 0 Å². The van der Waals surface area contributed by atoms with Crippen molar-refractivity contribution in [3.63, 3.8) is 0 Å². The highest BCUT2D eigenvalue weighted by molar-refractivity contribution is 5.73. The second-order valence-electron chi connectivity index (χ2n) is 9.03. The van der Waals surface area contributed by atoms with Crippen LogP contribution < -0.4 is 5.32 Å². The minimum atomic E-state index is -0.888. The third kappa shape index (κ3) is 4.92. The van der Waals surface area contributed by atoms with Crippen molar-refractivity contribution in [2.24, 2.45) is 5.92 Å². The number of nitrogens with one attached hydrogen (secondary N) is 1.